The van der Waals surface area contributed by atoms with Gasteiger partial charge in [0, 0.05) is 13.0 Å². The van der Waals surface area contributed by atoms with Crippen LogP contribution in [0.5, 0.6) is 0 Å². The van der Waals surface area contributed by atoms with Crippen LogP contribution in [-0.2, 0) is 19.1 Å². The van der Waals surface area contributed by atoms with Gasteiger partial charge >= 0.3 is 12.1 Å². The first-order valence-corrected chi connectivity index (χ1v) is 9.70. The molecule has 2 aromatic carbocycles. The third kappa shape index (κ3) is 5.01. The van der Waals surface area contributed by atoms with E-state index in [2.05, 4.69) is 10.6 Å². The van der Waals surface area contributed by atoms with Crippen LogP contribution in [0.25, 0.3) is 11.1 Å². The van der Waals surface area contributed by atoms with Gasteiger partial charge in [-0.2, -0.15) is 0 Å². The monoisotopic (exact) mass is 428 g/mol. The zero-order chi connectivity index (χ0) is 22.4. The summed E-state index contributed by atoms with van der Waals surface area (Å²) in [5.74, 6) is -2.34. The van der Waals surface area contributed by atoms with Crippen molar-refractivity contribution in [3.05, 3.63) is 59.7 Å². The first-order valence-electron chi connectivity index (χ1n) is 9.70. The third-order valence-corrected chi connectivity index (χ3v) is 5.08. The Balaban J connectivity index is 1.64. The van der Waals surface area contributed by atoms with E-state index in [1.165, 1.54) is 7.11 Å². The Labute approximate surface area is 179 Å². The van der Waals surface area contributed by atoms with Gasteiger partial charge in [0.05, 0.1) is 13.2 Å². The number of amides is 2. The summed E-state index contributed by atoms with van der Waals surface area (Å²) < 4.78 is 10.3. The van der Waals surface area contributed by atoms with Crippen molar-refractivity contribution in [1.82, 2.24) is 10.6 Å². The number of carboxylic acid groups (broad SMARTS) is 1. The predicted molar refractivity (Wildman–Crippen MR) is 111 cm³/mol. The van der Waals surface area contributed by atoms with Gasteiger partial charge in [-0.15, -0.1) is 0 Å². The van der Waals surface area contributed by atoms with Crippen molar-refractivity contribution >= 4 is 18.0 Å². The van der Waals surface area contributed by atoms with Gasteiger partial charge in [0.15, 0.2) is 0 Å². The first-order chi connectivity index (χ1) is 15.0. The number of hydrogen-bond donors (Lipinski definition) is 4. The summed E-state index contributed by atoms with van der Waals surface area (Å²) in [6, 6.07) is 13.1. The predicted octanol–water partition coefficient (Wildman–Crippen LogP) is 1.10. The molecule has 0 fully saturated rings. The number of nitrogens with one attached hydrogen (secondary N) is 2. The van der Waals surface area contributed by atoms with Crippen LogP contribution < -0.4 is 10.6 Å². The SMILES string of the molecule is COCC(NC(=O)OCC1c2ccccc2-c2ccccc21)C(=O)N[C@@H](CO)C(=O)O. The molecule has 4 N–H and O–H groups in total. The van der Waals surface area contributed by atoms with E-state index in [0.29, 0.717) is 0 Å². The molecule has 2 aromatic rings. The molecule has 0 bridgehead atoms. The molecule has 9 nitrogen and oxygen atoms in total. The second kappa shape index (κ2) is 10.1. The lowest BCUT2D eigenvalue weighted by molar-refractivity contribution is -0.143. The summed E-state index contributed by atoms with van der Waals surface area (Å²) in [7, 11) is 1.33. The van der Waals surface area contributed by atoms with Crippen molar-refractivity contribution in [3.63, 3.8) is 0 Å². The second-order valence-corrected chi connectivity index (χ2v) is 7.06. The number of aliphatic hydroxyl groups excluding tert-OH is 1. The van der Waals surface area contributed by atoms with Gasteiger partial charge in [-0.1, -0.05) is 48.5 Å². The Morgan fingerprint density at radius 3 is 2.06 bits per heavy atom. The van der Waals surface area contributed by atoms with Crippen molar-refractivity contribution in [2.75, 3.05) is 26.9 Å². The van der Waals surface area contributed by atoms with E-state index in [9.17, 15) is 14.4 Å². The number of carbonyl (C=O) groups is 3. The Hall–Kier alpha value is -3.43. The Bertz CT molecular complexity index is 917. The van der Waals surface area contributed by atoms with E-state index in [1.54, 1.807) is 0 Å². The molecule has 2 atom stereocenters. The number of fused-ring (bicyclic) bond motifs is 3. The molecule has 9 heteroatoms. The van der Waals surface area contributed by atoms with Crippen LogP contribution in [0.4, 0.5) is 4.79 Å². The number of rotatable bonds is 9. The van der Waals surface area contributed by atoms with Gasteiger partial charge in [-0.25, -0.2) is 9.59 Å². The molecule has 0 aliphatic heterocycles. The van der Waals surface area contributed by atoms with Crippen LogP contribution in [0, 0.1) is 0 Å². The first kappa shape index (κ1) is 22.3. The maximum absolute atomic E-state index is 12.4. The fourth-order valence-corrected chi connectivity index (χ4v) is 3.59. The maximum Gasteiger partial charge on any atom is 0.407 e. The zero-order valence-corrected chi connectivity index (χ0v) is 16.9. The number of aliphatic carboxylic acids is 1. The minimum absolute atomic E-state index is 0.0651. The standard InChI is InChI=1S/C22H24N2O7/c1-30-12-19(20(26)23-18(10-25)21(27)28)24-22(29)31-11-17-15-8-4-2-6-13(15)14-7-3-5-9-16(14)17/h2-9,17-19,25H,10-12H2,1H3,(H,23,26)(H,24,29)(H,27,28)/t18-,19?/m0/s1. The van der Waals surface area contributed by atoms with E-state index < -0.39 is 36.7 Å². The number of methoxy groups -OCH3 is 1. The van der Waals surface area contributed by atoms with Crippen molar-refractivity contribution < 1.29 is 34.1 Å². The molecular weight excluding hydrogens is 404 g/mol. The zero-order valence-electron chi connectivity index (χ0n) is 16.9. The summed E-state index contributed by atoms with van der Waals surface area (Å²) >= 11 is 0. The molecule has 0 heterocycles. The van der Waals surface area contributed by atoms with Gasteiger partial charge in [0.2, 0.25) is 5.91 Å². The molecule has 3 rings (SSSR count). The summed E-state index contributed by atoms with van der Waals surface area (Å²) in [4.78, 5) is 35.7. The van der Waals surface area contributed by atoms with Crippen molar-refractivity contribution in [1.29, 1.82) is 0 Å². The van der Waals surface area contributed by atoms with Gasteiger partial charge in [-0.05, 0) is 22.3 Å². The van der Waals surface area contributed by atoms with Crippen molar-refractivity contribution in [2.45, 2.75) is 18.0 Å². The number of ether oxygens (including phenoxy) is 2. The fraction of sp³-hybridized carbons (Fsp3) is 0.318. The lowest BCUT2D eigenvalue weighted by Gasteiger charge is -2.20. The molecule has 0 spiro atoms. The fourth-order valence-electron chi connectivity index (χ4n) is 3.59. The largest absolute Gasteiger partial charge is 0.480 e. The smallest absolute Gasteiger partial charge is 0.407 e. The topological polar surface area (TPSA) is 134 Å². The van der Waals surface area contributed by atoms with Crippen LogP contribution in [0.3, 0.4) is 0 Å². The summed E-state index contributed by atoms with van der Waals surface area (Å²) in [5, 5.41) is 22.6. The van der Waals surface area contributed by atoms with Gasteiger partial charge in [-0.3, -0.25) is 4.79 Å². The van der Waals surface area contributed by atoms with Gasteiger partial charge < -0.3 is 30.3 Å². The number of aliphatic hydroxyl groups is 1. The minimum atomic E-state index is -1.49. The van der Waals surface area contributed by atoms with E-state index in [-0.39, 0.29) is 19.1 Å². The Morgan fingerprint density at radius 2 is 1.55 bits per heavy atom. The Morgan fingerprint density at radius 1 is 0.968 bits per heavy atom. The lowest BCUT2D eigenvalue weighted by atomic mass is 9.98. The average Bonchev–Trinajstić information content (AvgIpc) is 3.09. The van der Waals surface area contributed by atoms with Crippen LogP contribution in [0.15, 0.2) is 48.5 Å². The molecule has 2 amide bonds. The number of hydrogen-bond acceptors (Lipinski definition) is 6. The van der Waals surface area contributed by atoms with Crippen LogP contribution in [-0.4, -0.2) is 67.2 Å². The van der Waals surface area contributed by atoms with Crippen LogP contribution >= 0.6 is 0 Å². The van der Waals surface area contributed by atoms with Gasteiger partial charge in [0.1, 0.15) is 18.7 Å². The normalized spacial score (nSPS) is 14.1. The molecule has 1 aliphatic rings. The number of alkyl carbamates (subject to hydrolysis) is 1. The average molecular weight is 428 g/mol. The molecule has 0 saturated carbocycles. The van der Waals surface area contributed by atoms with Crippen LogP contribution in [0.2, 0.25) is 0 Å². The number of carbonyl (C=O) groups excluding carboxylic acids is 2. The van der Waals surface area contributed by atoms with Gasteiger partial charge in [0.25, 0.3) is 0 Å². The van der Waals surface area contributed by atoms with Crippen molar-refractivity contribution in [2.24, 2.45) is 0 Å². The number of carboxylic acids is 1. The molecule has 0 radical (unpaired) electrons. The molecule has 164 valence electrons. The van der Waals surface area contributed by atoms with E-state index in [4.69, 9.17) is 19.7 Å². The molecule has 0 saturated heterocycles. The summed E-state index contributed by atoms with van der Waals surface area (Å²) in [6.07, 6.45) is -0.838. The second-order valence-electron chi connectivity index (χ2n) is 7.06. The third-order valence-electron chi connectivity index (χ3n) is 5.08. The summed E-state index contributed by atoms with van der Waals surface area (Å²) in [5.41, 5.74) is 4.28. The summed E-state index contributed by atoms with van der Waals surface area (Å²) in [6.45, 7) is -0.922. The van der Waals surface area contributed by atoms with E-state index in [1.807, 2.05) is 48.5 Å². The van der Waals surface area contributed by atoms with E-state index >= 15 is 0 Å². The Kier molecular flexibility index (Phi) is 7.22. The molecular formula is C22H24N2O7. The molecule has 0 aromatic heterocycles. The quantitative estimate of drug-likeness (QED) is 0.470. The highest BCUT2D eigenvalue weighted by Crippen LogP contribution is 2.44. The molecule has 1 aliphatic carbocycles. The number of benzene rings is 2. The maximum atomic E-state index is 12.4. The van der Waals surface area contributed by atoms with E-state index in [0.717, 1.165) is 22.3 Å². The highest BCUT2D eigenvalue weighted by atomic mass is 16.5. The molecule has 1 unspecified atom stereocenters. The highest BCUT2D eigenvalue weighted by Gasteiger charge is 2.30. The minimum Gasteiger partial charge on any atom is -0.480 e. The molecule has 31 heavy (non-hydrogen) atoms. The highest BCUT2D eigenvalue weighted by molar-refractivity contribution is 5.89. The van der Waals surface area contributed by atoms with Crippen LogP contribution in [0.1, 0.15) is 17.0 Å². The van der Waals surface area contributed by atoms with Crippen molar-refractivity contribution in [3.8, 4) is 11.1 Å². The lowest BCUT2D eigenvalue weighted by Crippen LogP contribution is -2.54.